The van der Waals surface area contributed by atoms with Crippen LogP contribution < -0.4 is 14.2 Å². The SMILES string of the molecule is COc1ccc(CCN(C)CCCOc2ccc(S(=O)(=O)c3nccn3C(C)C)cc2)cc1OC.Cl.Cl. The highest BCUT2D eigenvalue weighted by molar-refractivity contribution is 7.91. The number of hydrogen-bond acceptors (Lipinski definition) is 7. The Kier molecular flexibility index (Phi) is 13.3. The number of imidazole rings is 1. The first-order valence-electron chi connectivity index (χ1n) is 11.7. The Morgan fingerprint density at radius 2 is 1.65 bits per heavy atom. The molecule has 0 radical (unpaired) electrons. The summed E-state index contributed by atoms with van der Waals surface area (Å²) in [5, 5.41) is 0.0530. The first-order chi connectivity index (χ1) is 16.8. The van der Waals surface area contributed by atoms with E-state index in [2.05, 4.69) is 23.0 Å². The number of halogens is 2. The van der Waals surface area contributed by atoms with Gasteiger partial charge in [-0.15, -0.1) is 24.8 Å². The molecule has 0 fully saturated rings. The minimum absolute atomic E-state index is 0. The Morgan fingerprint density at radius 3 is 2.27 bits per heavy atom. The summed E-state index contributed by atoms with van der Waals surface area (Å²) >= 11 is 0. The second-order valence-electron chi connectivity index (χ2n) is 8.63. The van der Waals surface area contributed by atoms with Crippen LogP contribution >= 0.6 is 24.8 Å². The molecule has 0 amide bonds. The highest BCUT2D eigenvalue weighted by Gasteiger charge is 2.24. The maximum Gasteiger partial charge on any atom is 0.240 e. The lowest BCUT2D eigenvalue weighted by molar-refractivity contribution is 0.264. The molecule has 0 aliphatic rings. The number of methoxy groups -OCH3 is 2. The van der Waals surface area contributed by atoms with E-state index in [1.165, 1.54) is 11.8 Å². The lowest BCUT2D eigenvalue weighted by atomic mass is 10.1. The zero-order valence-electron chi connectivity index (χ0n) is 21.9. The van der Waals surface area contributed by atoms with E-state index in [1.54, 1.807) is 49.2 Å². The summed E-state index contributed by atoms with van der Waals surface area (Å²) in [6.45, 7) is 6.19. The number of hydrogen-bond donors (Lipinski definition) is 0. The van der Waals surface area contributed by atoms with Crippen molar-refractivity contribution in [3.05, 3.63) is 60.4 Å². The van der Waals surface area contributed by atoms with Gasteiger partial charge in [0, 0.05) is 31.5 Å². The minimum Gasteiger partial charge on any atom is -0.494 e. The van der Waals surface area contributed by atoms with Crippen LogP contribution in [0.2, 0.25) is 0 Å². The molecule has 0 saturated carbocycles. The van der Waals surface area contributed by atoms with Crippen LogP contribution in [0.1, 0.15) is 31.9 Å². The summed E-state index contributed by atoms with van der Waals surface area (Å²) in [6.07, 6.45) is 4.95. The molecule has 0 aliphatic heterocycles. The zero-order valence-corrected chi connectivity index (χ0v) is 24.4. The van der Waals surface area contributed by atoms with Gasteiger partial charge in [-0.3, -0.25) is 0 Å². The molecule has 0 bridgehead atoms. The van der Waals surface area contributed by atoms with Gasteiger partial charge in [-0.25, -0.2) is 13.4 Å². The summed E-state index contributed by atoms with van der Waals surface area (Å²) in [7, 11) is 1.67. The smallest absolute Gasteiger partial charge is 0.240 e. The van der Waals surface area contributed by atoms with Crippen LogP contribution in [-0.2, 0) is 16.3 Å². The molecule has 3 aromatic rings. The second kappa shape index (κ2) is 15.1. The third-order valence-electron chi connectivity index (χ3n) is 5.75. The van der Waals surface area contributed by atoms with Crippen molar-refractivity contribution in [1.82, 2.24) is 14.5 Å². The molecule has 11 heteroatoms. The fourth-order valence-electron chi connectivity index (χ4n) is 3.71. The van der Waals surface area contributed by atoms with Gasteiger partial charge in [0.25, 0.3) is 0 Å². The molecule has 3 rings (SSSR count). The summed E-state index contributed by atoms with van der Waals surface area (Å²) in [4.78, 5) is 6.52. The maximum absolute atomic E-state index is 13.0. The Bertz CT molecular complexity index is 1200. The number of ether oxygens (including phenoxy) is 3. The fraction of sp³-hybridized carbons (Fsp3) is 0.423. The minimum atomic E-state index is -3.69. The average molecular weight is 575 g/mol. The van der Waals surface area contributed by atoms with Crippen molar-refractivity contribution in [3.8, 4) is 17.2 Å². The van der Waals surface area contributed by atoms with E-state index in [0.717, 1.165) is 37.4 Å². The van der Waals surface area contributed by atoms with Crippen LogP contribution in [0.3, 0.4) is 0 Å². The van der Waals surface area contributed by atoms with Gasteiger partial charge in [0.1, 0.15) is 5.75 Å². The van der Waals surface area contributed by atoms with Crippen molar-refractivity contribution in [3.63, 3.8) is 0 Å². The monoisotopic (exact) mass is 573 g/mol. The normalized spacial score (nSPS) is 11.1. The van der Waals surface area contributed by atoms with E-state index in [0.29, 0.717) is 12.4 Å². The molecule has 0 N–H and O–H groups in total. The van der Waals surface area contributed by atoms with E-state index >= 15 is 0 Å². The van der Waals surface area contributed by atoms with Gasteiger partial charge < -0.3 is 23.7 Å². The van der Waals surface area contributed by atoms with Gasteiger partial charge in [0.15, 0.2) is 11.5 Å². The highest BCUT2D eigenvalue weighted by atomic mass is 35.5. The van der Waals surface area contributed by atoms with Gasteiger partial charge >= 0.3 is 0 Å². The molecule has 0 aliphatic carbocycles. The lowest BCUT2D eigenvalue weighted by Gasteiger charge is -2.17. The summed E-state index contributed by atoms with van der Waals surface area (Å²) in [5.74, 6) is 2.11. The first kappa shape index (κ1) is 32.6. The van der Waals surface area contributed by atoms with Crippen molar-refractivity contribution in [2.45, 2.75) is 42.8 Å². The molecule has 2 aromatic carbocycles. The molecular weight excluding hydrogens is 537 g/mol. The second-order valence-corrected chi connectivity index (χ2v) is 10.5. The summed E-state index contributed by atoms with van der Waals surface area (Å²) < 4.78 is 44.0. The lowest BCUT2D eigenvalue weighted by Crippen LogP contribution is -2.23. The molecule has 0 atom stereocenters. The van der Waals surface area contributed by atoms with Crippen LogP contribution in [0, 0.1) is 0 Å². The van der Waals surface area contributed by atoms with Crippen LogP contribution in [0.25, 0.3) is 0 Å². The molecule has 37 heavy (non-hydrogen) atoms. The first-order valence-corrected chi connectivity index (χ1v) is 13.1. The van der Waals surface area contributed by atoms with Crippen molar-refractivity contribution in [1.29, 1.82) is 0 Å². The van der Waals surface area contributed by atoms with Crippen molar-refractivity contribution >= 4 is 34.7 Å². The molecule has 0 saturated heterocycles. The van der Waals surface area contributed by atoms with E-state index in [9.17, 15) is 8.42 Å². The molecule has 1 aromatic heterocycles. The Balaban J connectivity index is 0.00000342. The largest absolute Gasteiger partial charge is 0.494 e. The number of sulfone groups is 1. The van der Waals surface area contributed by atoms with E-state index in [1.807, 2.05) is 26.0 Å². The number of nitrogens with zero attached hydrogens (tertiary/aromatic N) is 3. The fourth-order valence-corrected chi connectivity index (χ4v) is 5.17. The number of rotatable bonds is 13. The number of aromatic nitrogens is 2. The third-order valence-corrected chi connectivity index (χ3v) is 7.44. The van der Waals surface area contributed by atoms with Crippen molar-refractivity contribution in [2.24, 2.45) is 0 Å². The molecule has 1 heterocycles. The number of likely N-dealkylation sites (N-methyl/N-ethyl adjacent to an activating group) is 1. The Morgan fingerprint density at radius 1 is 0.973 bits per heavy atom. The summed E-state index contributed by atoms with van der Waals surface area (Å²) in [6, 6.07) is 12.5. The quantitative estimate of drug-likeness (QED) is 0.263. The third kappa shape index (κ3) is 8.53. The van der Waals surface area contributed by atoms with Gasteiger partial charge in [0.2, 0.25) is 15.0 Å². The van der Waals surface area contributed by atoms with Gasteiger partial charge in [-0.05, 0) is 75.7 Å². The average Bonchev–Trinajstić information content (AvgIpc) is 3.37. The molecule has 0 spiro atoms. The molecule has 206 valence electrons. The predicted octanol–water partition coefficient (Wildman–Crippen LogP) is 5.10. The molecule has 0 unspecified atom stereocenters. The zero-order chi connectivity index (χ0) is 25.4. The van der Waals surface area contributed by atoms with E-state index in [-0.39, 0.29) is 40.9 Å². The summed E-state index contributed by atoms with van der Waals surface area (Å²) in [5.41, 5.74) is 1.19. The Hall–Kier alpha value is -2.46. The van der Waals surface area contributed by atoms with E-state index < -0.39 is 9.84 Å². The van der Waals surface area contributed by atoms with Gasteiger partial charge in [-0.1, -0.05) is 6.07 Å². The van der Waals surface area contributed by atoms with Gasteiger partial charge in [-0.2, -0.15) is 0 Å². The van der Waals surface area contributed by atoms with Crippen molar-refractivity contribution in [2.75, 3.05) is 41.0 Å². The number of benzene rings is 2. The maximum atomic E-state index is 13.0. The predicted molar refractivity (Wildman–Crippen MR) is 150 cm³/mol. The topological polar surface area (TPSA) is 82.9 Å². The molecular formula is C26H37Cl2N3O5S. The van der Waals surface area contributed by atoms with Crippen LogP contribution in [-0.4, -0.2) is 63.8 Å². The van der Waals surface area contributed by atoms with E-state index in [4.69, 9.17) is 14.2 Å². The van der Waals surface area contributed by atoms with Crippen LogP contribution in [0.5, 0.6) is 17.2 Å². The van der Waals surface area contributed by atoms with Crippen molar-refractivity contribution < 1.29 is 22.6 Å². The van der Waals surface area contributed by atoms with Gasteiger partial charge in [0.05, 0.1) is 25.7 Å². The molecule has 8 nitrogen and oxygen atoms in total. The highest BCUT2D eigenvalue weighted by Crippen LogP contribution is 2.28. The Labute approximate surface area is 232 Å². The van der Waals surface area contributed by atoms with Crippen LogP contribution in [0.15, 0.2) is 64.9 Å². The van der Waals surface area contributed by atoms with Crippen LogP contribution in [0.4, 0.5) is 0 Å². The standard InChI is InChI=1S/C26H35N3O5S.2ClH/c1-20(2)29-17-14-27-26(29)35(30,31)23-10-8-22(9-11-23)34-18-6-15-28(3)16-13-21-7-12-24(32-4)25(19-21)33-5;;/h7-12,14,17,19-20H,6,13,15-16,18H2,1-5H3;2*1H.